The summed E-state index contributed by atoms with van der Waals surface area (Å²) in [4.78, 5) is 26.4. The molecule has 1 fully saturated rings. The van der Waals surface area contributed by atoms with Crippen molar-refractivity contribution >= 4 is 50.6 Å². The van der Waals surface area contributed by atoms with E-state index in [4.69, 9.17) is 4.74 Å². The highest BCUT2D eigenvalue weighted by Crippen LogP contribution is 2.40. The minimum Gasteiger partial charge on any atom is -0.378 e. The molecule has 1 aliphatic carbocycles. The number of hydrogen-bond acceptors (Lipinski definition) is 7. The second kappa shape index (κ2) is 8.30. The largest absolute Gasteiger partial charge is 0.378 e. The van der Waals surface area contributed by atoms with E-state index in [0.717, 1.165) is 52.5 Å². The molecule has 3 heterocycles. The lowest BCUT2D eigenvalue weighted by molar-refractivity contribution is -0.113. The molecule has 0 radical (unpaired) electrons. The van der Waals surface area contributed by atoms with Crippen molar-refractivity contribution in [1.82, 2.24) is 9.97 Å². The lowest BCUT2D eigenvalue weighted by Gasteiger charge is -2.30. The number of thioether (sulfide) groups is 1. The molecule has 2 aromatic heterocycles. The maximum absolute atomic E-state index is 12.7. The van der Waals surface area contributed by atoms with Crippen LogP contribution in [-0.4, -0.2) is 47.9 Å². The molecule has 29 heavy (non-hydrogen) atoms. The van der Waals surface area contributed by atoms with Gasteiger partial charge < -0.3 is 15.0 Å². The summed E-state index contributed by atoms with van der Waals surface area (Å²) < 4.78 is 5.45. The number of amides is 1. The number of fused-ring (bicyclic) bond motifs is 3. The van der Waals surface area contributed by atoms with Crippen molar-refractivity contribution in [2.75, 3.05) is 42.3 Å². The van der Waals surface area contributed by atoms with Crippen molar-refractivity contribution in [3.8, 4) is 0 Å². The first-order valence-electron chi connectivity index (χ1n) is 9.89. The fraction of sp³-hybridized carbons (Fsp3) is 0.381. The SMILES string of the molecule is O=C(CSc1ncnc2sc3c(c12)CCC3)Nc1ccccc1N1CCOCC1. The molecule has 1 saturated heterocycles. The van der Waals surface area contributed by atoms with Crippen LogP contribution < -0.4 is 10.2 Å². The fourth-order valence-electron chi connectivity index (χ4n) is 3.99. The maximum atomic E-state index is 12.7. The minimum absolute atomic E-state index is 0.0191. The van der Waals surface area contributed by atoms with Crippen molar-refractivity contribution in [3.63, 3.8) is 0 Å². The molecule has 1 N–H and O–H groups in total. The van der Waals surface area contributed by atoms with Gasteiger partial charge in [0.25, 0.3) is 0 Å². The second-order valence-electron chi connectivity index (χ2n) is 7.17. The monoisotopic (exact) mass is 426 g/mol. The fourth-order valence-corrected chi connectivity index (χ4v) is 6.11. The number of carbonyl (C=O) groups excluding carboxylic acids is 1. The van der Waals surface area contributed by atoms with Crippen molar-refractivity contribution in [2.45, 2.75) is 24.3 Å². The summed E-state index contributed by atoms with van der Waals surface area (Å²) in [5, 5.41) is 5.17. The van der Waals surface area contributed by atoms with Crippen molar-refractivity contribution in [2.24, 2.45) is 0 Å². The van der Waals surface area contributed by atoms with Crippen molar-refractivity contribution in [3.05, 3.63) is 41.0 Å². The van der Waals surface area contributed by atoms with Crippen LogP contribution in [0.2, 0.25) is 0 Å². The molecule has 0 unspecified atom stereocenters. The Morgan fingerprint density at radius 1 is 1.21 bits per heavy atom. The van der Waals surface area contributed by atoms with Crippen LogP contribution in [0.25, 0.3) is 10.2 Å². The van der Waals surface area contributed by atoms with E-state index in [9.17, 15) is 4.79 Å². The Morgan fingerprint density at radius 2 is 2.07 bits per heavy atom. The number of anilines is 2. The molecule has 0 bridgehead atoms. The molecule has 0 saturated carbocycles. The normalized spacial score (nSPS) is 16.2. The van der Waals surface area contributed by atoms with E-state index in [2.05, 4.69) is 26.3 Å². The Balaban J connectivity index is 1.30. The third-order valence-corrected chi connectivity index (χ3v) is 7.53. The summed E-state index contributed by atoms with van der Waals surface area (Å²) in [5.41, 5.74) is 3.30. The number of carbonyl (C=O) groups is 1. The maximum Gasteiger partial charge on any atom is 0.234 e. The minimum atomic E-state index is -0.0191. The molecule has 1 aromatic carbocycles. The molecule has 3 aromatic rings. The first-order chi connectivity index (χ1) is 14.3. The quantitative estimate of drug-likeness (QED) is 0.495. The number of aryl methyl sites for hydroxylation is 2. The summed E-state index contributed by atoms with van der Waals surface area (Å²) in [6.45, 7) is 3.10. The van der Waals surface area contributed by atoms with E-state index in [0.29, 0.717) is 19.0 Å². The van der Waals surface area contributed by atoms with Gasteiger partial charge >= 0.3 is 0 Å². The Kier molecular flexibility index (Phi) is 5.39. The molecule has 5 rings (SSSR count). The van der Waals surface area contributed by atoms with Crippen LogP contribution in [0.3, 0.4) is 0 Å². The molecular formula is C21H22N4O2S2. The number of para-hydroxylation sites is 2. The summed E-state index contributed by atoms with van der Waals surface area (Å²) in [6.07, 6.45) is 5.05. The van der Waals surface area contributed by atoms with Gasteiger partial charge in [0.1, 0.15) is 16.2 Å². The number of rotatable bonds is 5. The van der Waals surface area contributed by atoms with Gasteiger partial charge in [-0.3, -0.25) is 4.79 Å². The third-order valence-electron chi connectivity index (χ3n) is 5.34. The molecule has 6 nitrogen and oxygen atoms in total. The van der Waals surface area contributed by atoms with E-state index in [1.165, 1.54) is 28.6 Å². The predicted molar refractivity (Wildman–Crippen MR) is 118 cm³/mol. The summed E-state index contributed by atoms with van der Waals surface area (Å²) in [5.74, 6) is 0.308. The zero-order valence-electron chi connectivity index (χ0n) is 16.0. The van der Waals surface area contributed by atoms with Crippen molar-refractivity contribution in [1.29, 1.82) is 0 Å². The van der Waals surface area contributed by atoms with Crippen molar-refractivity contribution < 1.29 is 9.53 Å². The van der Waals surface area contributed by atoms with Gasteiger partial charge in [0.05, 0.1) is 30.3 Å². The standard InChI is InChI=1S/C21H22N4O2S2/c26-18(24-15-5-1-2-6-16(15)25-8-10-27-11-9-25)12-28-20-19-14-4-3-7-17(14)29-21(19)23-13-22-20/h1-2,5-6,13H,3-4,7-12H2,(H,24,26). The van der Waals surface area contributed by atoms with Crippen LogP contribution in [-0.2, 0) is 22.4 Å². The molecular weight excluding hydrogens is 404 g/mol. The van der Waals surface area contributed by atoms with Crippen LogP contribution in [0.1, 0.15) is 16.9 Å². The number of ether oxygens (including phenoxy) is 1. The van der Waals surface area contributed by atoms with Gasteiger partial charge in [-0.2, -0.15) is 0 Å². The summed E-state index contributed by atoms with van der Waals surface area (Å²) >= 11 is 3.27. The predicted octanol–water partition coefficient (Wildman–Crippen LogP) is 3.75. The smallest absolute Gasteiger partial charge is 0.234 e. The van der Waals surface area contributed by atoms with Gasteiger partial charge in [0.2, 0.25) is 5.91 Å². The van der Waals surface area contributed by atoms with Gasteiger partial charge in [-0.1, -0.05) is 23.9 Å². The average molecular weight is 427 g/mol. The number of nitrogens with one attached hydrogen (secondary N) is 1. The Hall–Kier alpha value is -2.16. The number of thiophene rings is 1. The number of hydrogen-bond donors (Lipinski definition) is 1. The van der Waals surface area contributed by atoms with Crippen LogP contribution in [0, 0.1) is 0 Å². The third kappa shape index (κ3) is 3.84. The van der Waals surface area contributed by atoms with E-state index < -0.39 is 0 Å². The first-order valence-corrected chi connectivity index (χ1v) is 11.7. The van der Waals surface area contributed by atoms with E-state index in [1.54, 1.807) is 17.7 Å². The topological polar surface area (TPSA) is 67.4 Å². The van der Waals surface area contributed by atoms with Crippen LogP contribution in [0.4, 0.5) is 11.4 Å². The highest BCUT2D eigenvalue weighted by Gasteiger charge is 2.22. The Labute approximate surface area is 177 Å². The summed E-state index contributed by atoms with van der Waals surface area (Å²) in [6, 6.07) is 7.97. The molecule has 0 spiro atoms. The number of aromatic nitrogens is 2. The average Bonchev–Trinajstić information content (AvgIpc) is 3.34. The molecule has 0 atom stereocenters. The van der Waals surface area contributed by atoms with Gasteiger partial charge in [0, 0.05) is 23.4 Å². The Bertz CT molecular complexity index is 1050. The molecule has 2 aliphatic rings. The van der Waals surface area contributed by atoms with Gasteiger partial charge in [-0.15, -0.1) is 11.3 Å². The highest BCUT2D eigenvalue weighted by molar-refractivity contribution is 8.00. The second-order valence-corrected chi connectivity index (χ2v) is 9.22. The van der Waals surface area contributed by atoms with Gasteiger partial charge in [-0.05, 0) is 37.0 Å². The van der Waals surface area contributed by atoms with Gasteiger partial charge in [0.15, 0.2) is 0 Å². The zero-order chi connectivity index (χ0) is 19.6. The summed E-state index contributed by atoms with van der Waals surface area (Å²) in [7, 11) is 0. The van der Waals surface area contributed by atoms with Gasteiger partial charge in [-0.25, -0.2) is 9.97 Å². The highest BCUT2D eigenvalue weighted by atomic mass is 32.2. The van der Waals surface area contributed by atoms with E-state index in [1.807, 2.05) is 18.2 Å². The van der Waals surface area contributed by atoms with E-state index >= 15 is 0 Å². The van der Waals surface area contributed by atoms with Crippen LogP contribution >= 0.6 is 23.1 Å². The molecule has 8 heteroatoms. The lowest BCUT2D eigenvalue weighted by Crippen LogP contribution is -2.36. The zero-order valence-corrected chi connectivity index (χ0v) is 17.7. The number of benzene rings is 1. The van der Waals surface area contributed by atoms with Crippen LogP contribution in [0.15, 0.2) is 35.6 Å². The first kappa shape index (κ1) is 18.8. The molecule has 150 valence electrons. The molecule has 1 amide bonds. The van der Waals surface area contributed by atoms with E-state index in [-0.39, 0.29) is 5.91 Å². The Morgan fingerprint density at radius 3 is 2.97 bits per heavy atom. The number of nitrogens with zero attached hydrogens (tertiary/aromatic N) is 3. The number of morpholine rings is 1. The van der Waals surface area contributed by atoms with Crippen LogP contribution in [0.5, 0.6) is 0 Å². The lowest BCUT2D eigenvalue weighted by atomic mass is 10.2. The molecule has 1 aliphatic heterocycles.